The fourth-order valence-corrected chi connectivity index (χ4v) is 3.22. The summed E-state index contributed by atoms with van der Waals surface area (Å²) in [6.45, 7) is 10.9. The lowest BCUT2D eigenvalue weighted by Gasteiger charge is -2.30. The fraction of sp³-hybridized carbons (Fsp3) is 0.550. The Kier molecular flexibility index (Phi) is 7.94. The molecule has 1 aromatic carbocycles. The molecule has 1 atom stereocenters. The molecule has 0 aromatic heterocycles. The van der Waals surface area contributed by atoms with E-state index in [2.05, 4.69) is 24.9 Å². The molecule has 0 spiro atoms. The smallest absolute Gasteiger partial charge is 0.122 e. The zero-order valence-electron chi connectivity index (χ0n) is 16.2. The van der Waals surface area contributed by atoms with E-state index in [1.807, 2.05) is 24.8 Å². The largest absolute Gasteiger partial charge is 0.491 e. The van der Waals surface area contributed by atoms with Gasteiger partial charge in [0.1, 0.15) is 18.5 Å². The first kappa shape index (κ1) is 20.7. The number of nitrogens with two attached hydrogens (primary N) is 1. The van der Waals surface area contributed by atoms with Gasteiger partial charge >= 0.3 is 0 Å². The molecule has 5 nitrogen and oxygen atoms in total. The summed E-state index contributed by atoms with van der Waals surface area (Å²) in [5.41, 5.74) is 10.8. The van der Waals surface area contributed by atoms with E-state index in [-0.39, 0.29) is 6.17 Å². The summed E-state index contributed by atoms with van der Waals surface area (Å²) in [7, 11) is 0. The predicted octanol–water partition coefficient (Wildman–Crippen LogP) is 3.75. The van der Waals surface area contributed by atoms with Crippen LogP contribution in [0, 0.1) is 13.8 Å². The number of aliphatic imine (C=N–C) groups is 1. The van der Waals surface area contributed by atoms with Crippen molar-refractivity contribution in [3.05, 3.63) is 39.6 Å². The monoisotopic (exact) mass is 379 g/mol. The van der Waals surface area contributed by atoms with Gasteiger partial charge in [-0.15, -0.1) is 0 Å². The van der Waals surface area contributed by atoms with Crippen LogP contribution in [0.5, 0.6) is 5.75 Å². The molecule has 1 aliphatic rings. The standard InChI is InChI=1S/C20H30ClN3O2/c1-5-17-19(21)20(22)24(13-23-17)10-12-26-18-8-7-16(9-11-25-6-2)14(3)15(18)4/h7-8,13,20H,5-6,9-12,22H2,1-4H3. The minimum absolute atomic E-state index is 0.350. The van der Waals surface area contributed by atoms with E-state index in [0.29, 0.717) is 18.2 Å². The van der Waals surface area contributed by atoms with Gasteiger partial charge in [0.15, 0.2) is 0 Å². The van der Waals surface area contributed by atoms with E-state index in [9.17, 15) is 0 Å². The molecule has 0 saturated heterocycles. The number of hydrogen-bond acceptors (Lipinski definition) is 5. The Balaban J connectivity index is 1.91. The van der Waals surface area contributed by atoms with Gasteiger partial charge in [-0.3, -0.25) is 0 Å². The van der Waals surface area contributed by atoms with Crippen LogP contribution in [0.3, 0.4) is 0 Å². The minimum atomic E-state index is -0.350. The Morgan fingerprint density at radius 1 is 1.19 bits per heavy atom. The van der Waals surface area contributed by atoms with Crippen molar-refractivity contribution in [2.45, 2.75) is 46.7 Å². The summed E-state index contributed by atoms with van der Waals surface area (Å²) in [5.74, 6) is 0.904. The number of allylic oxidation sites excluding steroid dienone is 1. The minimum Gasteiger partial charge on any atom is -0.491 e. The Morgan fingerprint density at radius 3 is 2.65 bits per heavy atom. The van der Waals surface area contributed by atoms with Crippen LogP contribution >= 0.6 is 11.6 Å². The third kappa shape index (κ3) is 5.00. The Labute approximate surface area is 161 Å². The Bertz CT molecular complexity index is 673. The van der Waals surface area contributed by atoms with E-state index in [4.69, 9.17) is 26.8 Å². The second-order valence-corrected chi connectivity index (χ2v) is 6.75. The van der Waals surface area contributed by atoms with Gasteiger partial charge in [-0.2, -0.15) is 0 Å². The first-order chi connectivity index (χ1) is 12.5. The lowest BCUT2D eigenvalue weighted by molar-refractivity contribution is 0.151. The van der Waals surface area contributed by atoms with E-state index < -0.39 is 0 Å². The van der Waals surface area contributed by atoms with E-state index in [0.717, 1.165) is 37.5 Å². The first-order valence-electron chi connectivity index (χ1n) is 9.23. The molecule has 0 fully saturated rings. The molecule has 0 amide bonds. The van der Waals surface area contributed by atoms with Gasteiger partial charge in [-0.25, -0.2) is 4.99 Å². The normalized spacial score (nSPS) is 17.2. The number of rotatable bonds is 9. The van der Waals surface area contributed by atoms with Crippen LogP contribution in [-0.4, -0.2) is 43.8 Å². The highest BCUT2D eigenvalue weighted by Crippen LogP contribution is 2.25. The zero-order valence-corrected chi connectivity index (χ0v) is 17.0. The fourth-order valence-electron chi connectivity index (χ4n) is 2.92. The van der Waals surface area contributed by atoms with Crippen LogP contribution in [-0.2, 0) is 11.2 Å². The van der Waals surface area contributed by atoms with E-state index in [1.165, 1.54) is 16.7 Å². The van der Waals surface area contributed by atoms with Crippen molar-refractivity contribution in [2.24, 2.45) is 10.7 Å². The number of benzene rings is 1. The lowest BCUT2D eigenvalue weighted by atomic mass is 10.0. The molecular formula is C20H30ClN3O2. The van der Waals surface area contributed by atoms with Crippen LogP contribution in [0.2, 0.25) is 0 Å². The average molecular weight is 380 g/mol. The van der Waals surface area contributed by atoms with Gasteiger partial charge in [0.25, 0.3) is 0 Å². The molecule has 0 saturated carbocycles. The van der Waals surface area contributed by atoms with Crippen LogP contribution in [0.1, 0.15) is 37.0 Å². The van der Waals surface area contributed by atoms with Gasteiger partial charge < -0.3 is 20.1 Å². The molecule has 2 rings (SSSR count). The highest BCUT2D eigenvalue weighted by molar-refractivity contribution is 6.30. The number of hydrogen-bond donors (Lipinski definition) is 1. The van der Waals surface area contributed by atoms with Gasteiger partial charge in [0.05, 0.1) is 30.2 Å². The van der Waals surface area contributed by atoms with Crippen LogP contribution in [0.4, 0.5) is 0 Å². The molecule has 26 heavy (non-hydrogen) atoms. The summed E-state index contributed by atoms with van der Waals surface area (Å²) < 4.78 is 11.4. The van der Waals surface area contributed by atoms with E-state index >= 15 is 0 Å². The summed E-state index contributed by atoms with van der Waals surface area (Å²) in [6, 6.07) is 4.16. The summed E-state index contributed by atoms with van der Waals surface area (Å²) in [4.78, 5) is 6.27. The number of ether oxygens (including phenoxy) is 2. The van der Waals surface area contributed by atoms with Crippen molar-refractivity contribution >= 4 is 17.9 Å². The molecule has 0 aliphatic carbocycles. The zero-order chi connectivity index (χ0) is 19.1. The second kappa shape index (κ2) is 9.95. The molecule has 144 valence electrons. The van der Waals surface area contributed by atoms with Crippen molar-refractivity contribution in [2.75, 3.05) is 26.4 Å². The third-order valence-corrected chi connectivity index (χ3v) is 5.21. The average Bonchev–Trinajstić information content (AvgIpc) is 2.64. The molecule has 0 bridgehead atoms. The predicted molar refractivity (Wildman–Crippen MR) is 108 cm³/mol. The molecule has 6 heteroatoms. The third-order valence-electron chi connectivity index (χ3n) is 4.77. The van der Waals surface area contributed by atoms with Crippen molar-refractivity contribution in [3.63, 3.8) is 0 Å². The van der Waals surface area contributed by atoms with Crippen LogP contribution < -0.4 is 10.5 Å². The van der Waals surface area contributed by atoms with Gasteiger partial charge in [0, 0.05) is 6.61 Å². The Morgan fingerprint density at radius 2 is 1.96 bits per heavy atom. The summed E-state index contributed by atoms with van der Waals surface area (Å²) >= 11 is 6.29. The summed E-state index contributed by atoms with van der Waals surface area (Å²) in [6.07, 6.45) is 3.11. The summed E-state index contributed by atoms with van der Waals surface area (Å²) in [5, 5.41) is 0.612. The Hall–Kier alpha value is -1.56. The molecule has 2 N–H and O–H groups in total. The first-order valence-corrected chi connectivity index (χ1v) is 9.61. The highest BCUT2D eigenvalue weighted by atomic mass is 35.5. The van der Waals surface area contributed by atoms with Gasteiger partial charge in [-0.05, 0) is 56.4 Å². The second-order valence-electron chi connectivity index (χ2n) is 6.34. The highest BCUT2D eigenvalue weighted by Gasteiger charge is 2.21. The van der Waals surface area contributed by atoms with Crippen molar-refractivity contribution in [1.82, 2.24) is 4.90 Å². The SMILES string of the molecule is CCOCCc1ccc(OCCN2C=NC(CC)=C(Cl)C2N)c(C)c1C. The van der Waals surface area contributed by atoms with Crippen LogP contribution in [0.15, 0.2) is 27.9 Å². The lowest BCUT2D eigenvalue weighted by Crippen LogP contribution is -2.45. The van der Waals surface area contributed by atoms with Gasteiger partial charge in [-0.1, -0.05) is 24.6 Å². The maximum absolute atomic E-state index is 6.29. The van der Waals surface area contributed by atoms with Crippen molar-refractivity contribution < 1.29 is 9.47 Å². The van der Waals surface area contributed by atoms with Crippen molar-refractivity contribution in [3.8, 4) is 5.75 Å². The number of halogens is 1. The molecule has 1 unspecified atom stereocenters. The van der Waals surface area contributed by atoms with E-state index in [1.54, 1.807) is 6.34 Å². The number of nitrogens with zero attached hydrogens (tertiary/aromatic N) is 2. The molecule has 0 radical (unpaired) electrons. The molecule has 1 heterocycles. The topological polar surface area (TPSA) is 60.1 Å². The van der Waals surface area contributed by atoms with Crippen molar-refractivity contribution in [1.29, 1.82) is 0 Å². The quantitative estimate of drug-likeness (QED) is 0.664. The maximum Gasteiger partial charge on any atom is 0.122 e. The van der Waals surface area contributed by atoms with Gasteiger partial charge in [0.2, 0.25) is 0 Å². The maximum atomic E-state index is 6.29. The molecule has 1 aromatic rings. The molecule has 1 aliphatic heterocycles. The molecular weight excluding hydrogens is 350 g/mol. The van der Waals surface area contributed by atoms with Crippen LogP contribution in [0.25, 0.3) is 0 Å².